The van der Waals surface area contributed by atoms with Crippen molar-refractivity contribution < 1.29 is 9.84 Å². The van der Waals surface area contributed by atoms with Gasteiger partial charge < -0.3 is 20.1 Å². The normalized spacial score (nSPS) is 22.6. The first kappa shape index (κ1) is 23.3. The van der Waals surface area contributed by atoms with Gasteiger partial charge in [0.15, 0.2) is 0 Å². The van der Waals surface area contributed by atoms with Gasteiger partial charge in [0, 0.05) is 31.3 Å². The quantitative estimate of drug-likeness (QED) is 0.637. The molecule has 0 saturated carbocycles. The fourth-order valence-electron chi connectivity index (χ4n) is 5.28. The van der Waals surface area contributed by atoms with Crippen LogP contribution in [0.2, 0.25) is 0 Å². The highest BCUT2D eigenvalue weighted by molar-refractivity contribution is 5.83. The van der Waals surface area contributed by atoms with E-state index in [-0.39, 0.29) is 17.4 Å². The Bertz CT molecular complexity index is 864. The second kappa shape index (κ2) is 9.56. The second-order valence-electron chi connectivity index (χ2n) is 11.0. The Morgan fingerprint density at radius 3 is 2.50 bits per heavy atom. The zero-order chi connectivity index (χ0) is 22.8. The Hall–Kier alpha value is -1.85. The number of fused-ring (bicyclic) bond motifs is 1. The van der Waals surface area contributed by atoms with E-state index in [1.54, 1.807) is 0 Å². The number of hydrogen-bond acceptors (Lipinski definition) is 5. The van der Waals surface area contributed by atoms with Gasteiger partial charge in [-0.05, 0) is 79.2 Å². The number of likely N-dealkylation sites (tertiary alicyclic amines) is 1. The molecule has 5 nitrogen and oxygen atoms in total. The number of aliphatic imine (C=N–C) groups is 1. The van der Waals surface area contributed by atoms with E-state index in [9.17, 15) is 0 Å². The van der Waals surface area contributed by atoms with Crippen LogP contribution < -0.4 is 5.32 Å². The molecule has 32 heavy (non-hydrogen) atoms. The number of nitrogens with zero attached hydrogens (tertiary/aromatic N) is 2. The number of amidine groups is 1. The summed E-state index contributed by atoms with van der Waals surface area (Å²) in [5.74, 6) is 0.946. The molecular weight excluding hydrogens is 398 g/mol. The third-order valence-corrected chi connectivity index (χ3v) is 7.63. The number of nitrogens with one attached hydrogen (secondary N) is 1. The maximum absolute atomic E-state index is 8.93. The predicted octanol–water partition coefficient (Wildman–Crippen LogP) is 4.59. The summed E-state index contributed by atoms with van der Waals surface area (Å²) in [5, 5.41) is 12.6. The summed E-state index contributed by atoms with van der Waals surface area (Å²) in [6, 6.07) is 8.26. The largest absolute Gasteiger partial charge is 0.426 e. The lowest BCUT2D eigenvalue weighted by Crippen LogP contribution is -2.46. The number of aliphatic hydroxyl groups is 1. The molecule has 5 heteroatoms. The van der Waals surface area contributed by atoms with Crippen LogP contribution in [0.5, 0.6) is 0 Å². The molecule has 1 aliphatic carbocycles. The van der Waals surface area contributed by atoms with Gasteiger partial charge >= 0.3 is 0 Å². The van der Waals surface area contributed by atoms with Gasteiger partial charge in [0.05, 0.1) is 6.54 Å². The van der Waals surface area contributed by atoms with Gasteiger partial charge in [-0.25, -0.2) is 4.99 Å². The van der Waals surface area contributed by atoms with Crippen LogP contribution >= 0.6 is 0 Å². The summed E-state index contributed by atoms with van der Waals surface area (Å²) < 4.78 is 6.36. The number of piperidine rings is 1. The average Bonchev–Trinajstić information content (AvgIpc) is 2.80. The van der Waals surface area contributed by atoms with Crippen LogP contribution in [0, 0.1) is 0 Å². The predicted molar refractivity (Wildman–Crippen MR) is 132 cm³/mol. The number of rotatable bonds is 6. The van der Waals surface area contributed by atoms with Crippen LogP contribution in [0.15, 0.2) is 29.3 Å². The van der Waals surface area contributed by atoms with Crippen molar-refractivity contribution in [2.24, 2.45) is 4.99 Å². The number of unbranched alkanes of at least 4 members (excludes halogenated alkanes) is 1. The molecule has 1 aromatic rings. The summed E-state index contributed by atoms with van der Waals surface area (Å²) in [6.07, 6.45) is 8.67. The molecule has 3 aliphatic rings. The zero-order valence-corrected chi connectivity index (χ0v) is 20.4. The molecule has 0 radical (unpaired) electrons. The molecule has 1 aromatic carbocycles. The lowest BCUT2D eigenvalue weighted by atomic mass is 9.63. The Labute approximate surface area is 194 Å². The van der Waals surface area contributed by atoms with Crippen molar-refractivity contribution in [3.8, 4) is 0 Å². The maximum atomic E-state index is 8.93. The fraction of sp³-hybridized carbons (Fsp3) is 0.667. The third-order valence-electron chi connectivity index (χ3n) is 7.63. The first-order valence-corrected chi connectivity index (χ1v) is 12.5. The number of ether oxygens (including phenoxy) is 1. The number of hydrogen-bond donors (Lipinski definition) is 2. The standard InChI is InChI=1S/C27H41N3O2/c1-26(2)12-13-27(3,4)23-19-20(7-8-22(23)26)24-9-15-29-25(32-24)30-16-10-21(11-17-30)28-14-5-6-18-31/h7-9,19,21,28,31H,5-6,10-18H2,1-4H3. The summed E-state index contributed by atoms with van der Waals surface area (Å²) in [5.41, 5.74) is 4.54. The molecule has 1 saturated heterocycles. The van der Waals surface area contributed by atoms with E-state index in [0.29, 0.717) is 12.6 Å². The molecule has 0 aromatic heterocycles. The Kier molecular flexibility index (Phi) is 6.97. The summed E-state index contributed by atoms with van der Waals surface area (Å²) in [7, 11) is 0. The molecule has 0 amide bonds. The third kappa shape index (κ3) is 5.04. The van der Waals surface area contributed by atoms with Gasteiger partial charge in [-0.3, -0.25) is 0 Å². The van der Waals surface area contributed by atoms with Crippen LogP contribution in [-0.4, -0.2) is 54.9 Å². The summed E-state index contributed by atoms with van der Waals surface area (Å²) >= 11 is 0. The van der Waals surface area contributed by atoms with Crippen LogP contribution in [0.3, 0.4) is 0 Å². The van der Waals surface area contributed by atoms with Crippen LogP contribution in [0.1, 0.15) is 82.9 Å². The average molecular weight is 440 g/mol. The van der Waals surface area contributed by atoms with Crippen molar-refractivity contribution >= 4 is 11.8 Å². The first-order valence-electron chi connectivity index (χ1n) is 12.5. The highest BCUT2D eigenvalue weighted by Crippen LogP contribution is 2.46. The Morgan fingerprint density at radius 2 is 1.78 bits per heavy atom. The number of aliphatic hydroxyl groups excluding tert-OH is 1. The lowest BCUT2D eigenvalue weighted by Gasteiger charge is -2.42. The van der Waals surface area contributed by atoms with E-state index in [4.69, 9.17) is 9.84 Å². The minimum atomic E-state index is 0.194. The molecular formula is C27H41N3O2. The molecule has 0 atom stereocenters. The van der Waals surface area contributed by atoms with E-state index in [2.05, 4.69) is 67.2 Å². The van der Waals surface area contributed by atoms with E-state index >= 15 is 0 Å². The lowest BCUT2D eigenvalue weighted by molar-refractivity contribution is 0.238. The Balaban J connectivity index is 1.39. The van der Waals surface area contributed by atoms with E-state index in [1.807, 2.05) is 0 Å². The summed E-state index contributed by atoms with van der Waals surface area (Å²) in [6.45, 7) is 13.4. The number of benzene rings is 1. The van der Waals surface area contributed by atoms with E-state index in [0.717, 1.165) is 57.1 Å². The minimum absolute atomic E-state index is 0.194. The van der Waals surface area contributed by atoms with Crippen molar-refractivity contribution in [2.45, 2.75) is 83.1 Å². The topological polar surface area (TPSA) is 57.1 Å². The van der Waals surface area contributed by atoms with Crippen molar-refractivity contribution in [1.29, 1.82) is 0 Å². The van der Waals surface area contributed by atoms with Gasteiger partial charge in [-0.1, -0.05) is 39.8 Å². The summed E-state index contributed by atoms with van der Waals surface area (Å²) in [4.78, 5) is 6.97. The van der Waals surface area contributed by atoms with Crippen molar-refractivity contribution in [3.63, 3.8) is 0 Å². The van der Waals surface area contributed by atoms with Crippen LogP contribution in [0.4, 0.5) is 0 Å². The van der Waals surface area contributed by atoms with Crippen LogP contribution in [-0.2, 0) is 15.6 Å². The van der Waals surface area contributed by atoms with E-state index < -0.39 is 0 Å². The van der Waals surface area contributed by atoms with Gasteiger partial charge in [-0.15, -0.1) is 0 Å². The minimum Gasteiger partial charge on any atom is -0.426 e. The smallest absolute Gasteiger partial charge is 0.293 e. The van der Waals surface area contributed by atoms with Crippen LogP contribution in [0.25, 0.3) is 5.76 Å². The molecule has 176 valence electrons. The fourth-order valence-corrected chi connectivity index (χ4v) is 5.28. The van der Waals surface area contributed by atoms with Crippen molar-refractivity contribution in [2.75, 3.05) is 32.8 Å². The SMILES string of the molecule is CC1(C)CCC(C)(C)c2cc(C3=CCN=C(N4CCC(NCCCCO)CC4)O3)ccc21. The first-order chi connectivity index (χ1) is 15.3. The van der Waals surface area contributed by atoms with Gasteiger partial charge in [-0.2, -0.15) is 0 Å². The van der Waals surface area contributed by atoms with Gasteiger partial charge in [0.1, 0.15) is 5.76 Å². The van der Waals surface area contributed by atoms with Crippen molar-refractivity contribution in [3.05, 3.63) is 41.0 Å². The monoisotopic (exact) mass is 439 g/mol. The zero-order valence-electron chi connectivity index (χ0n) is 20.4. The second-order valence-corrected chi connectivity index (χ2v) is 11.0. The van der Waals surface area contributed by atoms with Gasteiger partial charge in [0.25, 0.3) is 6.02 Å². The molecule has 0 bridgehead atoms. The molecule has 0 unspecified atom stereocenters. The molecule has 2 N–H and O–H groups in total. The molecule has 2 heterocycles. The highest BCUT2D eigenvalue weighted by Gasteiger charge is 2.37. The highest BCUT2D eigenvalue weighted by atomic mass is 16.5. The van der Waals surface area contributed by atoms with E-state index in [1.165, 1.54) is 29.5 Å². The van der Waals surface area contributed by atoms with Gasteiger partial charge in [0.2, 0.25) is 0 Å². The van der Waals surface area contributed by atoms with Crippen molar-refractivity contribution in [1.82, 2.24) is 10.2 Å². The molecule has 0 spiro atoms. The molecule has 4 rings (SSSR count). The molecule has 2 aliphatic heterocycles. The molecule has 1 fully saturated rings. The maximum Gasteiger partial charge on any atom is 0.293 e. The Morgan fingerprint density at radius 1 is 1.06 bits per heavy atom.